The largest absolute Gasteiger partial charge is 0.347 e. The molecule has 1 aliphatic heterocycles. The summed E-state index contributed by atoms with van der Waals surface area (Å²) in [6.45, 7) is 7.52. The Morgan fingerprint density at radius 1 is 1.21 bits per heavy atom. The maximum Gasteiger partial charge on any atom is 0.169 e. The highest BCUT2D eigenvalue weighted by Crippen LogP contribution is 2.36. The van der Waals surface area contributed by atoms with Crippen LogP contribution in [0.5, 0.6) is 0 Å². The number of rotatable bonds is 10. The van der Waals surface area contributed by atoms with Gasteiger partial charge in [-0.25, -0.2) is 0 Å². The van der Waals surface area contributed by atoms with Gasteiger partial charge in [0.15, 0.2) is 5.79 Å². The van der Waals surface area contributed by atoms with Gasteiger partial charge in [-0.3, -0.25) is 0 Å². The second kappa shape index (κ2) is 9.25. The van der Waals surface area contributed by atoms with Crippen molar-refractivity contribution >= 4 is 12.6 Å². The van der Waals surface area contributed by atoms with Crippen molar-refractivity contribution in [2.45, 2.75) is 84.0 Å². The van der Waals surface area contributed by atoms with Gasteiger partial charge >= 0.3 is 0 Å². The summed E-state index contributed by atoms with van der Waals surface area (Å²) < 4.78 is 12.4. The highest BCUT2D eigenvalue weighted by molar-refractivity contribution is 7.80. The minimum absolute atomic E-state index is 0.279. The summed E-state index contributed by atoms with van der Waals surface area (Å²) in [6, 6.07) is 0. The molecule has 0 N–H and O–H groups in total. The molecule has 0 radical (unpaired) electrons. The molecule has 2 unspecified atom stereocenters. The molecule has 0 aromatic carbocycles. The van der Waals surface area contributed by atoms with Crippen molar-refractivity contribution in [1.29, 1.82) is 0 Å². The topological polar surface area (TPSA) is 18.5 Å². The Kier molecular flexibility index (Phi) is 8.43. The van der Waals surface area contributed by atoms with Crippen molar-refractivity contribution in [3.05, 3.63) is 0 Å². The van der Waals surface area contributed by atoms with Gasteiger partial charge in [0, 0.05) is 12.8 Å². The Balaban J connectivity index is 2.37. The average Bonchev–Trinajstić information content (AvgIpc) is 2.75. The molecule has 1 heterocycles. The highest BCUT2D eigenvalue weighted by Gasteiger charge is 2.40. The first-order chi connectivity index (χ1) is 9.12. The van der Waals surface area contributed by atoms with Crippen LogP contribution in [-0.4, -0.2) is 24.3 Å². The van der Waals surface area contributed by atoms with E-state index < -0.39 is 0 Å². The van der Waals surface area contributed by atoms with Crippen LogP contribution in [-0.2, 0) is 9.47 Å². The van der Waals surface area contributed by atoms with E-state index in [0.29, 0.717) is 12.0 Å². The van der Waals surface area contributed by atoms with Crippen LogP contribution >= 0.6 is 12.6 Å². The highest BCUT2D eigenvalue weighted by atomic mass is 32.1. The summed E-state index contributed by atoms with van der Waals surface area (Å²) in [7, 11) is 0. The fourth-order valence-corrected chi connectivity index (χ4v) is 3.05. The summed E-state index contributed by atoms with van der Waals surface area (Å²) >= 11 is 4.25. The van der Waals surface area contributed by atoms with Crippen LogP contribution in [0, 0.1) is 5.92 Å². The van der Waals surface area contributed by atoms with Crippen LogP contribution in [0.2, 0.25) is 0 Å². The number of thiol groups is 1. The molecule has 1 fully saturated rings. The molecule has 0 aliphatic carbocycles. The fraction of sp³-hybridized carbons (Fsp3) is 1.00. The Hall–Kier alpha value is 0.270. The van der Waals surface area contributed by atoms with E-state index in [1.54, 1.807) is 0 Å². The van der Waals surface area contributed by atoms with Crippen molar-refractivity contribution in [2.24, 2.45) is 5.92 Å². The molecule has 1 rings (SSSR count). The van der Waals surface area contributed by atoms with Gasteiger partial charge in [0.25, 0.3) is 0 Å². The molecular weight excluding hydrogens is 256 g/mol. The van der Waals surface area contributed by atoms with Crippen LogP contribution in [0.25, 0.3) is 0 Å². The summed E-state index contributed by atoms with van der Waals surface area (Å²) in [5.74, 6) is 1.34. The molecular formula is C16H32O2S. The molecule has 2 nitrogen and oxygen atoms in total. The first-order valence-corrected chi connectivity index (χ1v) is 8.67. The lowest BCUT2D eigenvalue weighted by Crippen LogP contribution is -2.32. The predicted octanol–water partition coefficient (Wildman–Crippen LogP) is 4.82. The van der Waals surface area contributed by atoms with Crippen LogP contribution in [0.15, 0.2) is 0 Å². The smallest absolute Gasteiger partial charge is 0.169 e. The van der Waals surface area contributed by atoms with Gasteiger partial charge in [-0.1, -0.05) is 40.0 Å². The number of hydrogen-bond donors (Lipinski definition) is 1. The van der Waals surface area contributed by atoms with E-state index in [1.165, 1.54) is 32.1 Å². The molecule has 3 heteroatoms. The molecule has 0 aromatic rings. The molecule has 19 heavy (non-hydrogen) atoms. The molecule has 1 aliphatic rings. The first kappa shape index (κ1) is 17.3. The second-order valence-corrected chi connectivity index (χ2v) is 6.68. The van der Waals surface area contributed by atoms with E-state index >= 15 is 0 Å². The molecule has 2 atom stereocenters. The van der Waals surface area contributed by atoms with E-state index in [4.69, 9.17) is 9.47 Å². The molecule has 0 saturated carbocycles. The Morgan fingerprint density at radius 3 is 2.63 bits per heavy atom. The Morgan fingerprint density at radius 2 is 2.00 bits per heavy atom. The van der Waals surface area contributed by atoms with E-state index in [1.807, 2.05) is 0 Å². The molecule has 0 amide bonds. The lowest BCUT2D eigenvalue weighted by Gasteiger charge is -2.30. The fourth-order valence-electron chi connectivity index (χ4n) is 2.83. The predicted molar refractivity (Wildman–Crippen MR) is 84.9 cm³/mol. The third-order valence-corrected chi connectivity index (χ3v) is 4.04. The van der Waals surface area contributed by atoms with Gasteiger partial charge in [0.1, 0.15) is 0 Å². The molecule has 0 bridgehead atoms. The van der Waals surface area contributed by atoms with Crippen LogP contribution in [0.4, 0.5) is 0 Å². The third kappa shape index (κ3) is 6.50. The van der Waals surface area contributed by atoms with Crippen molar-refractivity contribution in [1.82, 2.24) is 0 Å². The van der Waals surface area contributed by atoms with Crippen molar-refractivity contribution in [3.63, 3.8) is 0 Å². The van der Waals surface area contributed by atoms with Crippen molar-refractivity contribution in [2.75, 3.05) is 12.4 Å². The zero-order chi connectivity index (χ0) is 14.1. The standard InChI is InChI=1S/C16H32O2S/c1-4-5-10-16(12-14(2)3)17-13-15(18-16)9-7-6-8-11-19/h14-15,19H,4-13H2,1-3H3. The summed E-state index contributed by atoms with van der Waals surface area (Å²) in [6.07, 6.45) is 9.64. The zero-order valence-corrected chi connectivity index (χ0v) is 13.9. The molecule has 0 spiro atoms. The van der Waals surface area contributed by atoms with Gasteiger partial charge in [-0.2, -0.15) is 12.6 Å². The van der Waals surface area contributed by atoms with E-state index in [-0.39, 0.29) is 5.79 Å². The van der Waals surface area contributed by atoms with Gasteiger partial charge in [-0.05, 0) is 30.9 Å². The lowest BCUT2D eigenvalue weighted by atomic mass is 9.98. The van der Waals surface area contributed by atoms with E-state index in [0.717, 1.165) is 31.6 Å². The normalized spacial score (nSPS) is 27.3. The Bertz CT molecular complexity index is 233. The maximum absolute atomic E-state index is 6.30. The molecule has 1 saturated heterocycles. The van der Waals surface area contributed by atoms with Gasteiger partial charge in [0.05, 0.1) is 12.7 Å². The van der Waals surface area contributed by atoms with Crippen molar-refractivity contribution in [3.8, 4) is 0 Å². The third-order valence-electron chi connectivity index (χ3n) is 3.73. The zero-order valence-electron chi connectivity index (χ0n) is 13.0. The number of hydrogen-bond acceptors (Lipinski definition) is 3. The van der Waals surface area contributed by atoms with E-state index in [2.05, 4.69) is 33.4 Å². The minimum atomic E-state index is -0.279. The van der Waals surface area contributed by atoms with Crippen LogP contribution in [0.1, 0.15) is 72.1 Å². The minimum Gasteiger partial charge on any atom is -0.347 e. The summed E-state index contributed by atoms with van der Waals surface area (Å²) in [5.41, 5.74) is 0. The SMILES string of the molecule is CCCCC1(CC(C)C)OCC(CCCCCS)O1. The number of ether oxygens (including phenoxy) is 2. The maximum atomic E-state index is 6.30. The quantitative estimate of drug-likeness (QED) is 0.459. The lowest BCUT2D eigenvalue weighted by molar-refractivity contribution is -0.184. The first-order valence-electron chi connectivity index (χ1n) is 8.04. The average molecular weight is 288 g/mol. The van der Waals surface area contributed by atoms with Crippen LogP contribution in [0.3, 0.4) is 0 Å². The van der Waals surface area contributed by atoms with Gasteiger partial charge in [-0.15, -0.1) is 0 Å². The molecule has 114 valence electrons. The van der Waals surface area contributed by atoms with Gasteiger partial charge < -0.3 is 9.47 Å². The summed E-state index contributed by atoms with van der Waals surface area (Å²) in [5, 5.41) is 0. The molecule has 0 aromatic heterocycles. The van der Waals surface area contributed by atoms with Crippen molar-refractivity contribution < 1.29 is 9.47 Å². The monoisotopic (exact) mass is 288 g/mol. The van der Waals surface area contributed by atoms with Gasteiger partial charge in [0.2, 0.25) is 0 Å². The summed E-state index contributed by atoms with van der Waals surface area (Å²) in [4.78, 5) is 0. The van der Waals surface area contributed by atoms with E-state index in [9.17, 15) is 0 Å². The Labute approximate surface area is 125 Å². The number of unbranched alkanes of at least 4 members (excludes halogenated alkanes) is 3. The second-order valence-electron chi connectivity index (χ2n) is 6.24. The van der Waals surface area contributed by atoms with Crippen LogP contribution < -0.4 is 0 Å².